The number of carboxylic acids is 1. The van der Waals surface area contributed by atoms with Gasteiger partial charge in [-0.1, -0.05) is 6.92 Å². The van der Waals surface area contributed by atoms with Crippen molar-refractivity contribution in [3.63, 3.8) is 0 Å². The first kappa shape index (κ1) is 13.9. The van der Waals surface area contributed by atoms with Gasteiger partial charge in [0, 0.05) is 25.5 Å². The first-order chi connectivity index (χ1) is 9.97. The highest BCUT2D eigenvalue weighted by Gasteiger charge is 2.24. The Labute approximate surface area is 123 Å². The summed E-state index contributed by atoms with van der Waals surface area (Å²) in [6.45, 7) is 5.78. The monoisotopic (exact) mass is 288 g/mol. The molecule has 1 N–H and O–H groups in total. The Hall–Kier alpha value is -2.11. The fourth-order valence-corrected chi connectivity index (χ4v) is 3.11. The molecule has 6 heteroatoms. The topological polar surface area (TPSA) is 71.2 Å². The summed E-state index contributed by atoms with van der Waals surface area (Å²) < 4.78 is 1.72. The van der Waals surface area contributed by atoms with Crippen LogP contribution in [0.5, 0.6) is 0 Å². The molecule has 0 aromatic carbocycles. The van der Waals surface area contributed by atoms with Crippen LogP contribution in [0, 0.1) is 12.8 Å². The highest BCUT2D eigenvalue weighted by Crippen LogP contribution is 2.28. The third-order valence-electron chi connectivity index (χ3n) is 4.17. The van der Waals surface area contributed by atoms with Crippen LogP contribution in [-0.4, -0.2) is 38.9 Å². The van der Waals surface area contributed by atoms with Gasteiger partial charge in [0.15, 0.2) is 5.65 Å². The summed E-state index contributed by atoms with van der Waals surface area (Å²) in [5.74, 6) is 0.205. The molecule has 6 nitrogen and oxygen atoms in total. The van der Waals surface area contributed by atoms with Crippen LogP contribution in [0.15, 0.2) is 6.07 Å². The zero-order valence-electron chi connectivity index (χ0n) is 12.6. The van der Waals surface area contributed by atoms with Crippen LogP contribution in [0.25, 0.3) is 11.0 Å². The van der Waals surface area contributed by atoms with Crippen molar-refractivity contribution in [2.24, 2.45) is 13.0 Å². The van der Waals surface area contributed by atoms with Crippen LogP contribution in [-0.2, 0) is 7.05 Å². The maximum atomic E-state index is 11.6. The van der Waals surface area contributed by atoms with E-state index in [9.17, 15) is 9.90 Å². The van der Waals surface area contributed by atoms with Gasteiger partial charge < -0.3 is 10.0 Å². The minimum absolute atomic E-state index is 0.271. The lowest BCUT2D eigenvalue weighted by molar-refractivity contribution is 0.0697. The van der Waals surface area contributed by atoms with Gasteiger partial charge in [-0.25, -0.2) is 9.78 Å². The summed E-state index contributed by atoms with van der Waals surface area (Å²) in [5.41, 5.74) is 1.82. The molecule has 3 rings (SSSR count). The van der Waals surface area contributed by atoms with Crippen molar-refractivity contribution < 1.29 is 9.90 Å². The van der Waals surface area contributed by atoms with E-state index in [1.807, 2.05) is 14.0 Å². The van der Waals surface area contributed by atoms with E-state index in [0.717, 1.165) is 36.2 Å². The highest BCUT2D eigenvalue weighted by molar-refractivity contribution is 5.98. The first-order valence-electron chi connectivity index (χ1n) is 7.30. The molecule has 0 spiro atoms. The number of aromatic nitrogens is 3. The molecule has 0 bridgehead atoms. The summed E-state index contributed by atoms with van der Waals surface area (Å²) in [7, 11) is 1.84. The molecule has 2 aromatic rings. The zero-order valence-corrected chi connectivity index (χ0v) is 12.6. The summed E-state index contributed by atoms with van der Waals surface area (Å²) >= 11 is 0. The fraction of sp³-hybridized carbons (Fsp3) is 0.533. The Morgan fingerprint density at radius 1 is 1.48 bits per heavy atom. The van der Waals surface area contributed by atoms with Crippen molar-refractivity contribution in [3.05, 3.63) is 17.3 Å². The van der Waals surface area contributed by atoms with E-state index in [-0.39, 0.29) is 5.56 Å². The van der Waals surface area contributed by atoms with E-state index in [1.54, 1.807) is 10.7 Å². The SMILES string of the molecule is Cc1nn(C)c2nc(N3CCCC(C)C3)c(C(=O)O)cc12. The van der Waals surface area contributed by atoms with Crippen LogP contribution in [0.1, 0.15) is 35.8 Å². The number of hydrogen-bond acceptors (Lipinski definition) is 4. The molecule has 0 radical (unpaired) electrons. The fourth-order valence-electron chi connectivity index (χ4n) is 3.11. The zero-order chi connectivity index (χ0) is 15.1. The van der Waals surface area contributed by atoms with Gasteiger partial charge in [-0.2, -0.15) is 5.10 Å². The van der Waals surface area contributed by atoms with Crippen LogP contribution in [0.4, 0.5) is 5.82 Å². The number of aromatic carboxylic acids is 1. The average molecular weight is 288 g/mol. The van der Waals surface area contributed by atoms with Gasteiger partial charge in [0.25, 0.3) is 0 Å². The molecule has 21 heavy (non-hydrogen) atoms. The number of fused-ring (bicyclic) bond motifs is 1. The summed E-state index contributed by atoms with van der Waals surface area (Å²) in [6, 6.07) is 1.71. The van der Waals surface area contributed by atoms with Gasteiger partial charge in [-0.15, -0.1) is 0 Å². The van der Waals surface area contributed by atoms with Crippen molar-refractivity contribution in [1.82, 2.24) is 14.8 Å². The second-order valence-electron chi connectivity index (χ2n) is 5.94. The lowest BCUT2D eigenvalue weighted by Crippen LogP contribution is -2.36. The first-order valence-corrected chi connectivity index (χ1v) is 7.30. The number of aryl methyl sites for hydroxylation is 2. The minimum Gasteiger partial charge on any atom is -0.478 e. The Morgan fingerprint density at radius 3 is 2.90 bits per heavy atom. The number of piperidine rings is 1. The second-order valence-corrected chi connectivity index (χ2v) is 5.94. The average Bonchev–Trinajstić information content (AvgIpc) is 2.72. The summed E-state index contributed by atoms with van der Waals surface area (Å²) in [4.78, 5) is 18.3. The van der Waals surface area contributed by atoms with Crippen LogP contribution in [0.3, 0.4) is 0 Å². The molecular weight excluding hydrogens is 268 g/mol. The van der Waals surface area contributed by atoms with Gasteiger partial charge in [0.05, 0.1) is 5.69 Å². The Balaban J connectivity index is 2.17. The van der Waals surface area contributed by atoms with Crippen molar-refractivity contribution in [2.75, 3.05) is 18.0 Å². The van der Waals surface area contributed by atoms with Gasteiger partial charge in [-0.05, 0) is 31.7 Å². The smallest absolute Gasteiger partial charge is 0.339 e. The molecule has 3 heterocycles. The van der Waals surface area contributed by atoms with E-state index >= 15 is 0 Å². The minimum atomic E-state index is -0.930. The molecule has 0 amide bonds. The van der Waals surface area contributed by atoms with Crippen LogP contribution in [0.2, 0.25) is 0 Å². The summed E-state index contributed by atoms with van der Waals surface area (Å²) in [6.07, 6.45) is 2.26. The Morgan fingerprint density at radius 2 is 2.24 bits per heavy atom. The molecule has 1 unspecified atom stereocenters. The molecule has 1 fully saturated rings. The number of carbonyl (C=O) groups is 1. The van der Waals surface area contributed by atoms with Crippen molar-refractivity contribution >= 4 is 22.8 Å². The standard InChI is InChI=1S/C15H20N4O2/c1-9-5-4-6-19(8-9)14-12(15(20)21)7-11-10(2)17-18(3)13(11)16-14/h7,9H,4-6,8H2,1-3H3,(H,20,21). The Kier molecular flexibility index (Phi) is 3.31. The number of nitrogens with zero attached hydrogens (tertiary/aromatic N) is 4. The van der Waals surface area contributed by atoms with E-state index < -0.39 is 5.97 Å². The number of pyridine rings is 1. The molecule has 112 valence electrons. The number of anilines is 1. The molecule has 1 atom stereocenters. The lowest BCUT2D eigenvalue weighted by Gasteiger charge is -2.32. The normalized spacial score (nSPS) is 19.2. The third-order valence-corrected chi connectivity index (χ3v) is 4.17. The number of rotatable bonds is 2. The van der Waals surface area contributed by atoms with E-state index in [2.05, 4.69) is 21.9 Å². The second kappa shape index (κ2) is 5.02. The molecular formula is C15H20N4O2. The number of carboxylic acid groups (broad SMARTS) is 1. The molecule has 1 aliphatic heterocycles. The van der Waals surface area contributed by atoms with Gasteiger partial charge in [-0.3, -0.25) is 4.68 Å². The van der Waals surface area contributed by atoms with Crippen molar-refractivity contribution in [2.45, 2.75) is 26.7 Å². The van der Waals surface area contributed by atoms with Gasteiger partial charge in [0.2, 0.25) is 0 Å². The van der Waals surface area contributed by atoms with Gasteiger partial charge >= 0.3 is 5.97 Å². The van der Waals surface area contributed by atoms with Crippen molar-refractivity contribution in [1.29, 1.82) is 0 Å². The molecule has 2 aromatic heterocycles. The maximum Gasteiger partial charge on any atom is 0.339 e. The predicted octanol–water partition coefficient (Wildman–Crippen LogP) is 2.21. The molecule has 1 saturated heterocycles. The summed E-state index contributed by atoms with van der Waals surface area (Å²) in [5, 5.41) is 14.7. The van der Waals surface area contributed by atoms with E-state index in [4.69, 9.17) is 0 Å². The maximum absolute atomic E-state index is 11.6. The quantitative estimate of drug-likeness (QED) is 0.917. The molecule has 1 aliphatic rings. The van der Waals surface area contributed by atoms with E-state index in [0.29, 0.717) is 11.7 Å². The third kappa shape index (κ3) is 2.34. The molecule has 0 aliphatic carbocycles. The number of hydrogen-bond donors (Lipinski definition) is 1. The van der Waals surface area contributed by atoms with Crippen LogP contribution >= 0.6 is 0 Å². The molecule has 0 saturated carbocycles. The highest BCUT2D eigenvalue weighted by atomic mass is 16.4. The lowest BCUT2D eigenvalue weighted by atomic mass is 10.00. The predicted molar refractivity (Wildman–Crippen MR) is 80.8 cm³/mol. The van der Waals surface area contributed by atoms with Crippen molar-refractivity contribution in [3.8, 4) is 0 Å². The Bertz CT molecular complexity index is 707. The van der Waals surface area contributed by atoms with Crippen LogP contribution < -0.4 is 4.90 Å². The van der Waals surface area contributed by atoms with Gasteiger partial charge in [0.1, 0.15) is 11.4 Å². The van der Waals surface area contributed by atoms with E-state index in [1.165, 1.54) is 6.42 Å². The largest absolute Gasteiger partial charge is 0.478 e.